The zero-order chi connectivity index (χ0) is 12.5. The number of aliphatic carboxylic acids is 1. The van der Waals surface area contributed by atoms with Crippen molar-refractivity contribution >= 4 is 17.7 Å². The zero-order valence-electron chi connectivity index (χ0n) is 10.0. The second-order valence-corrected chi connectivity index (χ2v) is 5.83. The molecule has 1 aromatic rings. The molecule has 1 saturated carbocycles. The molecule has 1 aliphatic rings. The van der Waals surface area contributed by atoms with Gasteiger partial charge in [0.25, 0.3) is 0 Å². The Morgan fingerprint density at radius 1 is 1.47 bits per heavy atom. The Morgan fingerprint density at radius 3 is 2.65 bits per heavy atom. The zero-order valence-corrected chi connectivity index (χ0v) is 10.8. The summed E-state index contributed by atoms with van der Waals surface area (Å²) in [4.78, 5) is 12.3. The third-order valence-corrected chi connectivity index (χ3v) is 4.69. The lowest BCUT2D eigenvalue weighted by Gasteiger charge is -2.37. The number of carboxylic acids is 1. The van der Waals surface area contributed by atoms with E-state index in [1.807, 2.05) is 25.1 Å². The molecule has 0 heterocycles. The minimum atomic E-state index is -0.711. The maximum absolute atomic E-state index is 11.3. The molecular weight excluding hydrogens is 236 g/mol. The third kappa shape index (κ3) is 2.27. The van der Waals surface area contributed by atoms with Gasteiger partial charge in [0.05, 0.1) is 12.0 Å². The molecule has 4 heteroatoms. The van der Waals surface area contributed by atoms with E-state index < -0.39 is 10.7 Å². The molecule has 1 fully saturated rings. The molecule has 0 aliphatic heterocycles. The molecule has 1 N–H and O–H groups in total. The Labute approximate surface area is 105 Å². The van der Waals surface area contributed by atoms with Gasteiger partial charge in [0.1, 0.15) is 10.5 Å². The summed E-state index contributed by atoms with van der Waals surface area (Å²) in [5, 5.41) is 9.32. The Kier molecular flexibility index (Phi) is 3.33. The van der Waals surface area contributed by atoms with Crippen LogP contribution in [0.3, 0.4) is 0 Å². The molecule has 0 unspecified atom stereocenters. The fourth-order valence-corrected chi connectivity index (χ4v) is 3.43. The van der Waals surface area contributed by atoms with E-state index in [4.69, 9.17) is 4.74 Å². The molecule has 0 aromatic heterocycles. The van der Waals surface area contributed by atoms with Crippen molar-refractivity contribution < 1.29 is 14.6 Å². The number of aryl methyl sites for hydroxylation is 1. The van der Waals surface area contributed by atoms with Crippen LogP contribution in [0.5, 0.6) is 5.75 Å². The average Bonchev–Trinajstić information content (AvgIpc) is 2.23. The fraction of sp³-hybridized carbons (Fsp3) is 0.462. The first-order valence-electron chi connectivity index (χ1n) is 5.64. The van der Waals surface area contributed by atoms with Gasteiger partial charge in [0.2, 0.25) is 0 Å². The first-order valence-corrected chi connectivity index (χ1v) is 6.46. The van der Waals surface area contributed by atoms with Crippen LogP contribution in [0.15, 0.2) is 23.1 Å². The molecule has 1 aromatic carbocycles. The number of hydrogen-bond donors (Lipinski definition) is 1. The normalized spacial score (nSPS) is 17.3. The molecule has 0 bridgehead atoms. The van der Waals surface area contributed by atoms with Crippen LogP contribution in [0.2, 0.25) is 0 Å². The lowest BCUT2D eigenvalue weighted by molar-refractivity contribution is -0.142. The first-order chi connectivity index (χ1) is 8.07. The van der Waals surface area contributed by atoms with E-state index in [1.54, 1.807) is 7.11 Å². The van der Waals surface area contributed by atoms with E-state index in [0.717, 1.165) is 35.5 Å². The molecule has 0 atom stereocenters. The van der Waals surface area contributed by atoms with Crippen molar-refractivity contribution in [3.8, 4) is 5.75 Å². The van der Waals surface area contributed by atoms with Crippen molar-refractivity contribution in [1.29, 1.82) is 0 Å². The minimum absolute atomic E-state index is 0.638. The van der Waals surface area contributed by atoms with Gasteiger partial charge >= 0.3 is 5.97 Å². The van der Waals surface area contributed by atoms with Crippen molar-refractivity contribution in [2.45, 2.75) is 35.8 Å². The van der Waals surface area contributed by atoms with Gasteiger partial charge in [0, 0.05) is 0 Å². The van der Waals surface area contributed by atoms with Crippen molar-refractivity contribution in [1.82, 2.24) is 0 Å². The Balaban J connectivity index is 2.28. The smallest absolute Gasteiger partial charge is 0.320 e. The molecule has 0 radical (unpaired) electrons. The summed E-state index contributed by atoms with van der Waals surface area (Å²) in [6.07, 6.45) is 2.47. The standard InChI is InChI=1S/C13H16O3S/c1-9-4-5-10(16-2)11(8-9)17-13(12(14)15)6-3-7-13/h4-5,8H,3,6-7H2,1-2H3,(H,14,15). The van der Waals surface area contributed by atoms with E-state index in [0.29, 0.717) is 0 Å². The van der Waals surface area contributed by atoms with E-state index >= 15 is 0 Å². The van der Waals surface area contributed by atoms with Gasteiger partial charge in [-0.2, -0.15) is 0 Å². The maximum Gasteiger partial charge on any atom is 0.320 e. The molecule has 0 saturated heterocycles. The van der Waals surface area contributed by atoms with E-state index in [9.17, 15) is 9.90 Å². The molecule has 3 nitrogen and oxygen atoms in total. The third-order valence-electron chi connectivity index (χ3n) is 3.18. The van der Waals surface area contributed by atoms with Crippen molar-refractivity contribution in [2.75, 3.05) is 7.11 Å². The number of carbonyl (C=O) groups is 1. The molecule has 0 amide bonds. The largest absolute Gasteiger partial charge is 0.496 e. The van der Waals surface area contributed by atoms with Crippen LogP contribution in [0.4, 0.5) is 0 Å². The van der Waals surface area contributed by atoms with E-state index in [2.05, 4.69) is 0 Å². The number of benzene rings is 1. The topological polar surface area (TPSA) is 46.5 Å². The van der Waals surface area contributed by atoms with Crippen LogP contribution in [0.1, 0.15) is 24.8 Å². The SMILES string of the molecule is COc1ccc(C)cc1SC1(C(=O)O)CCC1. The predicted molar refractivity (Wildman–Crippen MR) is 67.8 cm³/mol. The van der Waals surface area contributed by atoms with Gasteiger partial charge in [-0.3, -0.25) is 4.79 Å². The molecule has 2 rings (SSSR count). The van der Waals surface area contributed by atoms with Crippen LogP contribution < -0.4 is 4.74 Å². The van der Waals surface area contributed by atoms with Crippen LogP contribution in [-0.4, -0.2) is 22.9 Å². The maximum atomic E-state index is 11.3. The second-order valence-electron chi connectivity index (χ2n) is 4.41. The Hall–Kier alpha value is -1.16. The summed E-state index contributed by atoms with van der Waals surface area (Å²) in [5.74, 6) is 0.0467. The monoisotopic (exact) mass is 252 g/mol. The lowest BCUT2D eigenvalue weighted by Crippen LogP contribution is -2.41. The van der Waals surface area contributed by atoms with E-state index in [1.165, 1.54) is 11.8 Å². The summed E-state index contributed by atoms with van der Waals surface area (Å²) in [5.41, 5.74) is 1.12. The summed E-state index contributed by atoms with van der Waals surface area (Å²) < 4.78 is 4.64. The fourth-order valence-electron chi connectivity index (χ4n) is 1.93. The molecule has 1 aliphatic carbocycles. The lowest BCUT2D eigenvalue weighted by atomic mass is 9.84. The van der Waals surface area contributed by atoms with Crippen LogP contribution in [-0.2, 0) is 4.79 Å². The number of carboxylic acid groups (broad SMARTS) is 1. The summed E-state index contributed by atoms with van der Waals surface area (Å²) in [7, 11) is 1.61. The minimum Gasteiger partial charge on any atom is -0.496 e. The number of rotatable bonds is 4. The number of methoxy groups -OCH3 is 1. The second kappa shape index (κ2) is 4.61. The number of thioether (sulfide) groups is 1. The van der Waals surface area contributed by atoms with Gasteiger partial charge in [-0.1, -0.05) is 6.07 Å². The molecule has 17 heavy (non-hydrogen) atoms. The van der Waals surface area contributed by atoms with Crippen molar-refractivity contribution in [2.24, 2.45) is 0 Å². The molecular formula is C13H16O3S. The van der Waals surface area contributed by atoms with Crippen molar-refractivity contribution in [3.63, 3.8) is 0 Å². The highest BCUT2D eigenvalue weighted by Gasteiger charge is 2.45. The van der Waals surface area contributed by atoms with Crippen LogP contribution in [0.25, 0.3) is 0 Å². The average molecular weight is 252 g/mol. The molecule has 92 valence electrons. The van der Waals surface area contributed by atoms with Crippen LogP contribution >= 0.6 is 11.8 Å². The highest BCUT2D eigenvalue weighted by atomic mass is 32.2. The number of ether oxygens (including phenoxy) is 1. The van der Waals surface area contributed by atoms with Gasteiger partial charge in [-0.15, -0.1) is 11.8 Å². The first kappa shape index (κ1) is 12.3. The summed E-state index contributed by atoms with van der Waals surface area (Å²) in [6, 6.07) is 5.86. The summed E-state index contributed by atoms with van der Waals surface area (Å²) in [6.45, 7) is 2.00. The van der Waals surface area contributed by atoms with Gasteiger partial charge < -0.3 is 9.84 Å². The number of hydrogen-bond acceptors (Lipinski definition) is 3. The molecule has 0 spiro atoms. The quantitative estimate of drug-likeness (QED) is 0.894. The highest BCUT2D eigenvalue weighted by Crippen LogP contribution is 2.50. The van der Waals surface area contributed by atoms with Crippen LogP contribution in [0, 0.1) is 6.92 Å². The Bertz CT molecular complexity index is 438. The van der Waals surface area contributed by atoms with E-state index in [-0.39, 0.29) is 0 Å². The van der Waals surface area contributed by atoms with Crippen molar-refractivity contribution in [3.05, 3.63) is 23.8 Å². The van der Waals surface area contributed by atoms with Gasteiger partial charge in [-0.05, 0) is 43.9 Å². The van der Waals surface area contributed by atoms with Gasteiger partial charge in [0.15, 0.2) is 0 Å². The summed E-state index contributed by atoms with van der Waals surface area (Å²) >= 11 is 1.43. The predicted octanol–water partition coefficient (Wildman–Crippen LogP) is 3.10. The van der Waals surface area contributed by atoms with Gasteiger partial charge in [-0.25, -0.2) is 0 Å². The highest BCUT2D eigenvalue weighted by molar-refractivity contribution is 8.01. The Morgan fingerprint density at radius 2 is 2.18 bits per heavy atom.